The van der Waals surface area contributed by atoms with E-state index in [-0.39, 0.29) is 17.9 Å². The summed E-state index contributed by atoms with van der Waals surface area (Å²) < 4.78 is 44.6. The Morgan fingerprint density at radius 3 is 2.27 bits per heavy atom. The molecule has 0 unspecified atom stereocenters. The molecule has 0 aromatic heterocycles. The van der Waals surface area contributed by atoms with Crippen LogP contribution in [-0.4, -0.2) is 33.8 Å². The molecule has 0 aliphatic heterocycles. The van der Waals surface area contributed by atoms with Gasteiger partial charge >= 0.3 is 6.61 Å². The second kappa shape index (κ2) is 8.89. The molecule has 2 rings (SSSR count). The van der Waals surface area contributed by atoms with E-state index in [1.165, 1.54) is 45.6 Å². The SMILES string of the molecule is COc1cc(OC)c(OC)cc1CNC(=O)c1cccc(OC(F)F)c1. The fourth-order valence-corrected chi connectivity index (χ4v) is 2.32. The van der Waals surface area contributed by atoms with Crippen LogP contribution in [0.2, 0.25) is 0 Å². The highest BCUT2D eigenvalue weighted by Crippen LogP contribution is 2.34. The number of carbonyl (C=O) groups is 1. The summed E-state index contributed by atoms with van der Waals surface area (Å²) in [7, 11) is 4.51. The first-order chi connectivity index (χ1) is 12.5. The van der Waals surface area contributed by atoms with Crippen molar-refractivity contribution in [3.63, 3.8) is 0 Å². The van der Waals surface area contributed by atoms with Gasteiger partial charge in [0, 0.05) is 23.7 Å². The molecule has 0 heterocycles. The minimum Gasteiger partial charge on any atom is -0.496 e. The van der Waals surface area contributed by atoms with E-state index >= 15 is 0 Å². The van der Waals surface area contributed by atoms with E-state index in [2.05, 4.69) is 10.1 Å². The van der Waals surface area contributed by atoms with Gasteiger partial charge in [-0.1, -0.05) is 6.07 Å². The second-order valence-electron chi connectivity index (χ2n) is 5.11. The smallest absolute Gasteiger partial charge is 0.387 e. The highest BCUT2D eigenvalue weighted by molar-refractivity contribution is 5.94. The Hall–Kier alpha value is -3.03. The third-order valence-electron chi connectivity index (χ3n) is 3.55. The zero-order valence-electron chi connectivity index (χ0n) is 14.5. The number of rotatable bonds is 8. The first kappa shape index (κ1) is 19.3. The number of hydrogen-bond donors (Lipinski definition) is 1. The molecule has 140 valence electrons. The van der Waals surface area contributed by atoms with Crippen LogP contribution in [0.1, 0.15) is 15.9 Å². The largest absolute Gasteiger partial charge is 0.496 e. The number of alkyl halides is 2. The summed E-state index contributed by atoms with van der Waals surface area (Å²) >= 11 is 0. The second-order valence-corrected chi connectivity index (χ2v) is 5.11. The summed E-state index contributed by atoms with van der Waals surface area (Å²) in [5, 5.41) is 2.70. The third kappa shape index (κ3) is 4.75. The van der Waals surface area contributed by atoms with Gasteiger partial charge in [-0.05, 0) is 24.3 Å². The Morgan fingerprint density at radius 1 is 1.00 bits per heavy atom. The molecule has 6 nitrogen and oxygen atoms in total. The average molecular weight is 367 g/mol. The van der Waals surface area contributed by atoms with Crippen LogP contribution >= 0.6 is 0 Å². The normalized spacial score (nSPS) is 10.4. The van der Waals surface area contributed by atoms with Crippen LogP contribution in [-0.2, 0) is 6.54 Å². The fraction of sp³-hybridized carbons (Fsp3) is 0.278. The Kier molecular flexibility index (Phi) is 6.60. The van der Waals surface area contributed by atoms with E-state index in [0.29, 0.717) is 22.8 Å². The fourth-order valence-electron chi connectivity index (χ4n) is 2.32. The first-order valence-electron chi connectivity index (χ1n) is 7.60. The predicted molar refractivity (Wildman–Crippen MR) is 90.3 cm³/mol. The molecule has 0 saturated heterocycles. The van der Waals surface area contributed by atoms with Crippen molar-refractivity contribution in [3.8, 4) is 23.0 Å². The maximum Gasteiger partial charge on any atom is 0.387 e. The lowest BCUT2D eigenvalue weighted by Crippen LogP contribution is -2.23. The lowest BCUT2D eigenvalue weighted by atomic mass is 10.1. The van der Waals surface area contributed by atoms with Crippen molar-refractivity contribution < 1.29 is 32.5 Å². The molecule has 26 heavy (non-hydrogen) atoms. The van der Waals surface area contributed by atoms with Crippen LogP contribution in [0.25, 0.3) is 0 Å². The van der Waals surface area contributed by atoms with E-state index in [9.17, 15) is 13.6 Å². The molecular formula is C18H19F2NO5. The van der Waals surface area contributed by atoms with Crippen molar-refractivity contribution >= 4 is 5.91 Å². The number of ether oxygens (including phenoxy) is 4. The van der Waals surface area contributed by atoms with Gasteiger partial charge in [0.15, 0.2) is 11.5 Å². The molecule has 0 saturated carbocycles. The first-order valence-corrected chi connectivity index (χ1v) is 7.60. The standard InChI is InChI=1S/C18H19F2NO5/c1-23-14-9-16(25-3)15(24-2)8-12(14)10-21-17(22)11-5-4-6-13(7-11)26-18(19)20/h4-9,18H,10H2,1-3H3,(H,21,22). The maximum atomic E-state index is 12.3. The lowest BCUT2D eigenvalue weighted by molar-refractivity contribution is -0.0498. The van der Waals surface area contributed by atoms with Crippen molar-refractivity contribution in [2.75, 3.05) is 21.3 Å². The van der Waals surface area contributed by atoms with Gasteiger partial charge in [0.25, 0.3) is 5.91 Å². The van der Waals surface area contributed by atoms with Crippen LogP contribution in [0.15, 0.2) is 36.4 Å². The van der Waals surface area contributed by atoms with E-state index in [1.54, 1.807) is 12.1 Å². The molecule has 0 radical (unpaired) electrons. The minimum atomic E-state index is -2.95. The summed E-state index contributed by atoms with van der Waals surface area (Å²) in [4.78, 5) is 12.3. The Labute approximate surface area is 149 Å². The van der Waals surface area contributed by atoms with E-state index in [0.717, 1.165) is 0 Å². The summed E-state index contributed by atoms with van der Waals surface area (Å²) in [5.41, 5.74) is 0.862. The topological polar surface area (TPSA) is 66.0 Å². The van der Waals surface area contributed by atoms with Crippen LogP contribution in [0.5, 0.6) is 23.0 Å². The van der Waals surface area contributed by atoms with Gasteiger partial charge in [-0.3, -0.25) is 4.79 Å². The molecule has 0 spiro atoms. The van der Waals surface area contributed by atoms with E-state index < -0.39 is 12.5 Å². The molecule has 0 aliphatic rings. The summed E-state index contributed by atoms with van der Waals surface area (Å²) in [6, 6.07) is 8.89. The summed E-state index contributed by atoms with van der Waals surface area (Å²) in [6.45, 7) is -2.81. The summed E-state index contributed by atoms with van der Waals surface area (Å²) in [6.07, 6.45) is 0. The number of methoxy groups -OCH3 is 3. The van der Waals surface area contributed by atoms with Crippen molar-refractivity contribution in [2.24, 2.45) is 0 Å². The van der Waals surface area contributed by atoms with Crippen molar-refractivity contribution in [3.05, 3.63) is 47.5 Å². The van der Waals surface area contributed by atoms with Gasteiger partial charge in [0.2, 0.25) is 0 Å². The van der Waals surface area contributed by atoms with Crippen LogP contribution in [0.3, 0.4) is 0 Å². The average Bonchev–Trinajstić information content (AvgIpc) is 2.64. The van der Waals surface area contributed by atoms with Crippen LogP contribution < -0.4 is 24.3 Å². The number of nitrogens with one attached hydrogen (secondary N) is 1. The van der Waals surface area contributed by atoms with Gasteiger partial charge in [0.05, 0.1) is 21.3 Å². The van der Waals surface area contributed by atoms with Crippen LogP contribution in [0.4, 0.5) is 8.78 Å². The minimum absolute atomic E-state index is 0.0867. The zero-order valence-corrected chi connectivity index (χ0v) is 14.5. The molecular weight excluding hydrogens is 348 g/mol. The molecule has 0 fully saturated rings. The summed E-state index contributed by atoms with van der Waals surface area (Å²) in [5.74, 6) is 0.969. The molecule has 1 amide bonds. The quantitative estimate of drug-likeness (QED) is 0.776. The zero-order chi connectivity index (χ0) is 19.1. The Bertz CT molecular complexity index is 767. The van der Waals surface area contributed by atoms with Crippen molar-refractivity contribution in [1.29, 1.82) is 0 Å². The Morgan fingerprint density at radius 2 is 1.65 bits per heavy atom. The van der Waals surface area contributed by atoms with Crippen molar-refractivity contribution in [1.82, 2.24) is 5.32 Å². The molecule has 2 aromatic rings. The van der Waals surface area contributed by atoms with Crippen LogP contribution in [0, 0.1) is 0 Å². The van der Waals surface area contributed by atoms with E-state index in [4.69, 9.17) is 14.2 Å². The number of amides is 1. The predicted octanol–water partition coefficient (Wildman–Crippen LogP) is 3.24. The molecule has 1 N–H and O–H groups in total. The number of hydrogen-bond acceptors (Lipinski definition) is 5. The van der Waals surface area contributed by atoms with Crippen molar-refractivity contribution in [2.45, 2.75) is 13.2 Å². The highest BCUT2D eigenvalue weighted by Gasteiger charge is 2.14. The van der Waals surface area contributed by atoms with Gasteiger partial charge in [-0.2, -0.15) is 8.78 Å². The third-order valence-corrected chi connectivity index (χ3v) is 3.55. The number of carbonyl (C=O) groups excluding carboxylic acids is 1. The monoisotopic (exact) mass is 367 g/mol. The molecule has 0 bridgehead atoms. The lowest BCUT2D eigenvalue weighted by Gasteiger charge is -2.14. The molecule has 2 aromatic carbocycles. The van der Waals surface area contributed by atoms with Gasteiger partial charge < -0.3 is 24.3 Å². The molecule has 0 aliphatic carbocycles. The van der Waals surface area contributed by atoms with E-state index in [1.807, 2.05) is 0 Å². The molecule has 0 atom stereocenters. The van der Waals surface area contributed by atoms with Gasteiger partial charge in [-0.25, -0.2) is 0 Å². The number of halogens is 2. The highest BCUT2D eigenvalue weighted by atomic mass is 19.3. The number of benzene rings is 2. The van der Waals surface area contributed by atoms with Gasteiger partial charge in [0.1, 0.15) is 11.5 Å². The maximum absolute atomic E-state index is 12.3. The Balaban J connectivity index is 2.14. The molecule has 8 heteroatoms. The van der Waals surface area contributed by atoms with Gasteiger partial charge in [-0.15, -0.1) is 0 Å².